The number of carboxylic acids is 1. The van der Waals surface area contributed by atoms with E-state index in [1.54, 1.807) is 23.9 Å². The first kappa shape index (κ1) is 13.1. The molecule has 3 N–H and O–H groups in total. The number of nitrogen functional groups attached to an aromatic ring is 1. The molecule has 0 fully saturated rings. The van der Waals surface area contributed by atoms with Gasteiger partial charge in [-0.15, -0.1) is 0 Å². The maximum atomic E-state index is 10.9. The minimum atomic E-state index is -0.953. The standard InChI is InChI=1S/C16H15NO2S/c17-14-9-12(16(18)19)5-7-15(14)20-13-6-4-10-2-1-3-11(10)8-13/h4-9H,1-3,17H2,(H,18,19). The Morgan fingerprint density at radius 2 is 1.90 bits per heavy atom. The highest BCUT2D eigenvalue weighted by Crippen LogP contribution is 2.35. The average molecular weight is 285 g/mol. The summed E-state index contributed by atoms with van der Waals surface area (Å²) in [7, 11) is 0. The van der Waals surface area contributed by atoms with Crippen molar-refractivity contribution in [2.75, 3.05) is 5.73 Å². The number of nitrogens with two attached hydrogens (primary N) is 1. The summed E-state index contributed by atoms with van der Waals surface area (Å²) >= 11 is 1.58. The van der Waals surface area contributed by atoms with Crippen LogP contribution in [-0.4, -0.2) is 11.1 Å². The number of benzene rings is 2. The molecule has 3 rings (SSSR count). The maximum absolute atomic E-state index is 10.9. The number of hydrogen-bond donors (Lipinski definition) is 2. The number of aryl methyl sites for hydroxylation is 2. The summed E-state index contributed by atoms with van der Waals surface area (Å²) in [5.41, 5.74) is 9.54. The van der Waals surface area contributed by atoms with Crippen molar-refractivity contribution in [3.8, 4) is 0 Å². The molecule has 3 nitrogen and oxygen atoms in total. The van der Waals surface area contributed by atoms with Gasteiger partial charge in [0, 0.05) is 15.5 Å². The molecule has 2 aromatic carbocycles. The Hall–Kier alpha value is -1.94. The fourth-order valence-corrected chi connectivity index (χ4v) is 3.42. The van der Waals surface area contributed by atoms with Crippen molar-refractivity contribution in [3.63, 3.8) is 0 Å². The van der Waals surface area contributed by atoms with Crippen LogP contribution in [0, 0.1) is 0 Å². The van der Waals surface area contributed by atoms with Crippen molar-refractivity contribution in [3.05, 3.63) is 53.1 Å². The normalized spacial score (nSPS) is 13.2. The van der Waals surface area contributed by atoms with E-state index in [0.29, 0.717) is 5.69 Å². The Morgan fingerprint density at radius 3 is 2.65 bits per heavy atom. The zero-order chi connectivity index (χ0) is 14.1. The third-order valence-electron chi connectivity index (χ3n) is 3.55. The number of anilines is 1. The van der Waals surface area contributed by atoms with Crippen molar-refractivity contribution >= 4 is 23.4 Å². The van der Waals surface area contributed by atoms with E-state index in [9.17, 15) is 4.79 Å². The Kier molecular flexibility index (Phi) is 3.40. The SMILES string of the molecule is Nc1cc(C(=O)O)ccc1Sc1ccc2c(c1)CCC2. The molecule has 4 heteroatoms. The van der Waals surface area contributed by atoms with Gasteiger partial charge in [0.15, 0.2) is 0 Å². The van der Waals surface area contributed by atoms with Crippen LogP contribution in [0.1, 0.15) is 27.9 Å². The summed E-state index contributed by atoms with van der Waals surface area (Å²) in [4.78, 5) is 12.9. The van der Waals surface area contributed by atoms with E-state index in [2.05, 4.69) is 18.2 Å². The van der Waals surface area contributed by atoms with Crippen molar-refractivity contribution in [1.29, 1.82) is 0 Å². The molecule has 2 aromatic rings. The second-order valence-corrected chi connectivity index (χ2v) is 6.06. The van der Waals surface area contributed by atoms with E-state index < -0.39 is 5.97 Å². The molecule has 1 aliphatic rings. The number of fused-ring (bicyclic) bond motifs is 1. The summed E-state index contributed by atoms with van der Waals surface area (Å²) in [6.45, 7) is 0. The quantitative estimate of drug-likeness (QED) is 0.846. The Morgan fingerprint density at radius 1 is 1.10 bits per heavy atom. The third kappa shape index (κ3) is 2.51. The van der Waals surface area contributed by atoms with Gasteiger partial charge in [0.05, 0.1) is 5.56 Å². The highest BCUT2D eigenvalue weighted by molar-refractivity contribution is 7.99. The van der Waals surface area contributed by atoms with Crippen molar-refractivity contribution in [1.82, 2.24) is 0 Å². The van der Waals surface area contributed by atoms with Gasteiger partial charge in [-0.05, 0) is 60.7 Å². The first-order chi connectivity index (χ1) is 9.63. The lowest BCUT2D eigenvalue weighted by Crippen LogP contribution is -1.98. The molecule has 1 aliphatic carbocycles. The Balaban J connectivity index is 1.86. The first-order valence-corrected chi connectivity index (χ1v) is 7.37. The predicted molar refractivity (Wildman–Crippen MR) is 80.4 cm³/mol. The first-order valence-electron chi connectivity index (χ1n) is 6.56. The summed E-state index contributed by atoms with van der Waals surface area (Å²) in [5.74, 6) is -0.953. The van der Waals surface area contributed by atoms with Gasteiger partial charge in [0.25, 0.3) is 0 Å². The van der Waals surface area contributed by atoms with Gasteiger partial charge in [-0.3, -0.25) is 0 Å². The molecule has 0 heterocycles. The fourth-order valence-electron chi connectivity index (χ4n) is 2.51. The molecule has 0 bridgehead atoms. The van der Waals surface area contributed by atoms with E-state index in [1.807, 2.05) is 0 Å². The lowest BCUT2D eigenvalue weighted by Gasteiger charge is -2.08. The van der Waals surface area contributed by atoms with Crippen molar-refractivity contribution < 1.29 is 9.90 Å². The summed E-state index contributed by atoms with van der Waals surface area (Å²) in [6.07, 6.45) is 3.56. The van der Waals surface area contributed by atoms with Crippen LogP contribution in [-0.2, 0) is 12.8 Å². The highest BCUT2D eigenvalue weighted by atomic mass is 32.2. The van der Waals surface area contributed by atoms with Gasteiger partial charge in [-0.1, -0.05) is 17.8 Å². The molecule has 0 spiro atoms. The average Bonchev–Trinajstić information content (AvgIpc) is 2.88. The lowest BCUT2D eigenvalue weighted by atomic mass is 10.1. The van der Waals surface area contributed by atoms with Gasteiger partial charge in [0.1, 0.15) is 0 Å². The van der Waals surface area contributed by atoms with E-state index >= 15 is 0 Å². The summed E-state index contributed by atoms with van der Waals surface area (Å²) in [6, 6.07) is 11.4. The monoisotopic (exact) mass is 285 g/mol. The van der Waals surface area contributed by atoms with Crippen molar-refractivity contribution in [2.24, 2.45) is 0 Å². The van der Waals surface area contributed by atoms with E-state index in [0.717, 1.165) is 16.2 Å². The predicted octanol–water partition coefficient (Wildman–Crippen LogP) is 3.61. The Labute approximate surface area is 121 Å². The molecule has 0 aromatic heterocycles. The van der Waals surface area contributed by atoms with Crippen molar-refractivity contribution in [2.45, 2.75) is 29.1 Å². The van der Waals surface area contributed by atoms with Gasteiger partial charge in [-0.2, -0.15) is 0 Å². The van der Waals surface area contributed by atoms with Gasteiger partial charge < -0.3 is 10.8 Å². The molecule has 0 saturated heterocycles. The second kappa shape index (κ2) is 5.21. The molecule has 102 valence electrons. The number of hydrogen-bond acceptors (Lipinski definition) is 3. The summed E-state index contributed by atoms with van der Waals surface area (Å²) in [5, 5.41) is 8.93. The van der Waals surface area contributed by atoms with Gasteiger partial charge >= 0.3 is 5.97 Å². The van der Waals surface area contributed by atoms with Crippen LogP contribution < -0.4 is 5.73 Å². The van der Waals surface area contributed by atoms with Gasteiger partial charge in [0.2, 0.25) is 0 Å². The number of carboxylic acid groups (broad SMARTS) is 1. The van der Waals surface area contributed by atoms with Crippen LogP contribution in [0.5, 0.6) is 0 Å². The number of carbonyl (C=O) groups is 1. The van der Waals surface area contributed by atoms with Crippen LogP contribution in [0.15, 0.2) is 46.2 Å². The molecule has 0 radical (unpaired) electrons. The minimum absolute atomic E-state index is 0.223. The Bertz CT molecular complexity index is 682. The van der Waals surface area contributed by atoms with Crippen LogP contribution in [0.3, 0.4) is 0 Å². The molecular weight excluding hydrogens is 270 g/mol. The largest absolute Gasteiger partial charge is 0.478 e. The molecule has 20 heavy (non-hydrogen) atoms. The van der Waals surface area contributed by atoms with E-state index in [1.165, 1.54) is 30.0 Å². The molecular formula is C16H15NO2S. The fraction of sp³-hybridized carbons (Fsp3) is 0.188. The van der Waals surface area contributed by atoms with Gasteiger partial charge in [-0.25, -0.2) is 4.79 Å². The topological polar surface area (TPSA) is 63.3 Å². The van der Waals surface area contributed by atoms with E-state index in [4.69, 9.17) is 10.8 Å². The summed E-state index contributed by atoms with van der Waals surface area (Å²) < 4.78 is 0. The lowest BCUT2D eigenvalue weighted by molar-refractivity contribution is 0.0697. The molecule has 0 aliphatic heterocycles. The number of rotatable bonds is 3. The minimum Gasteiger partial charge on any atom is -0.478 e. The highest BCUT2D eigenvalue weighted by Gasteiger charge is 2.12. The second-order valence-electron chi connectivity index (χ2n) is 4.94. The molecule has 0 atom stereocenters. The third-order valence-corrected chi connectivity index (χ3v) is 4.64. The molecule has 0 saturated carbocycles. The smallest absolute Gasteiger partial charge is 0.335 e. The van der Waals surface area contributed by atoms with Crippen LogP contribution >= 0.6 is 11.8 Å². The van der Waals surface area contributed by atoms with Crippen LogP contribution in [0.4, 0.5) is 5.69 Å². The van der Waals surface area contributed by atoms with Crippen LogP contribution in [0.2, 0.25) is 0 Å². The van der Waals surface area contributed by atoms with Crippen LogP contribution in [0.25, 0.3) is 0 Å². The van der Waals surface area contributed by atoms with E-state index in [-0.39, 0.29) is 5.56 Å². The molecule has 0 unspecified atom stereocenters. The zero-order valence-electron chi connectivity index (χ0n) is 10.9. The molecule has 0 amide bonds. The number of aromatic carboxylic acids is 1. The maximum Gasteiger partial charge on any atom is 0.335 e. The zero-order valence-corrected chi connectivity index (χ0v) is 11.7.